The van der Waals surface area contributed by atoms with E-state index in [1.165, 1.54) is 6.08 Å². The highest BCUT2D eigenvalue weighted by atomic mass is 16.6. The molecule has 2 rings (SSSR count). The van der Waals surface area contributed by atoms with Crippen LogP contribution in [0.3, 0.4) is 0 Å². The highest BCUT2D eigenvalue weighted by molar-refractivity contribution is 5.84. The zero-order valence-electron chi connectivity index (χ0n) is 16.6. The predicted molar refractivity (Wildman–Crippen MR) is 110 cm³/mol. The van der Waals surface area contributed by atoms with Crippen molar-refractivity contribution >= 4 is 17.7 Å². The van der Waals surface area contributed by atoms with Gasteiger partial charge >= 0.3 is 12.1 Å². The van der Waals surface area contributed by atoms with Gasteiger partial charge in [-0.05, 0) is 31.2 Å². The van der Waals surface area contributed by atoms with Gasteiger partial charge in [-0.3, -0.25) is 5.32 Å². The quantitative estimate of drug-likeness (QED) is 0.482. The largest absolute Gasteiger partial charge is 0.491 e. The fourth-order valence-corrected chi connectivity index (χ4v) is 2.71. The number of ether oxygens (including phenoxy) is 3. The number of amides is 1. The van der Waals surface area contributed by atoms with E-state index in [2.05, 4.69) is 5.32 Å². The zero-order valence-corrected chi connectivity index (χ0v) is 16.6. The summed E-state index contributed by atoms with van der Waals surface area (Å²) in [5, 5.41) is 20.7. The van der Waals surface area contributed by atoms with Crippen LogP contribution in [0.25, 0.3) is 0 Å². The number of benzene rings is 2. The van der Waals surface area contributed by atoms with Crippen LogP contribution >= 0.6 is 0 Å². The summed E-state index contributed by atoms with van der Waals surface area (Å²) >= 11 is 0. The Bertz CT molecular complexity index is 838. The number of carbonyl (C=O) groups excluding carboxylic acids is 1. The molecule has 2 atom stereocenters. The van der Waals surface area contributed by atoms with Crippen LogP contribution in [-0.2, 0) is 14.3 Å². The Kier molecular flexibility index (Phi) is 9.36. The number of rotatable bonds is 11. The topological polar surface area (TPSA) is 114 Å². The lowest BCUT2D eigenvalue weighted by molar-refractivity contribution is -0.131. The number of carboxylic acids is 1. The average Bonchev–Trinajstić information content (AvgIpc) is 2.74. The maximum absolute atomic E-state index is 12.6. The summed E-state index contributed by atoms with van der Waals surface area (Å²) in [6, 6.07) is 15.6. The molecule has 3 N–H and O–H groups in total. The normalized spacial score (nSPS) is 12.9. The molecule has 0 aliphatic rings. The van der Waals surface area contributed by atoms with E-state index < -0.39 is 24.3 Å². The number of carboxylic acid groups (broad SMARTS) is 1. The van der Waals surface area contributed by atoms with Crippen LogP contribution in [-0.4, -0.2) is 48.2 Å². The molecule has 0 heterocycles. The number of nitrogens with one attached hydrogen (secondary N) is 1. The summed E-state index contributed by atoms with van der Waals surface area (Å²) in [5.41, 5.74) is 1.02. The Balaban J connectivity index is 2.36. The summed E-state index contributed by atoms with van der Waals surface area (Å²) < 4.78 is 16.9. The van der Waals surface area contributed by atoms with Gasteiger partial charge in [0.2, 0.25) is 0 Å². The van der Waals surface area contributed by atoms with Gasteiger partial charge in [-0.25, -0.2) is 9.59 Å². The van der Waals surface area contributed by atoms with Crippen molar-refractivity contribution in [2.75, 3.05) is 25.1 Å². The van der Waals surface area contributed by atoms with E-state index >= 15 is 0 Å². The second-order valence-corrected chi connectivity index (χ2v) is 6.04. The molecule has 0 aliphatic heterocycles. The first kappa shape index (κ1) is 22.9. The number of para-hydroxylation sites is 2. The van der Waals surface area contributed by atoms with Gasteiger partial charge in [-0.2, -0.15) is 0 Å². The summed E-state index contributed by atoms with van der Waals surface area (Å²) in [5.74, 6) is -0.769. The highest BCUT2D eigenvalue weighted by Gasteiger charge is 2.29. The molecule has 0 saturated heterocycles. The molecule has 0 spiro atoms. The molecule has 0 aliphatic carbocycles. The fraction of sp³-hybridized carbons (Fsp3) is 0.273. The van der Waals surface area contributed by atoms with Crippen LogP contribution in [0.2, 0.25) is 0 Å². The second kappa shape index (κ2) is 12.3. The summed E-state index contributed by atoms with van der Waals surface area (Å²) in [4.78, 5) is 23.6. The maximum Gasteiger partial charge on any atom is 0.412 e. The molecule has 2 aromatic carbocycles. The van der Waals surface area contributed by atoms with Gasteiger partial charge in [0, 0.05) is 23.9 Å². The van der Waals surface area contributed by atoms with Crippen LogP contribution in [0, 0.1) is 0 Å². The third kappa shape index (κ3) is 7.23. The summed E-state index contributed by atoms with van der Waals surface area (Å²) in [6.07, 6.45) is -0.375. The second-order valence-electron chi connectivity index (χ2n) is 6.04. The fourth-order valence-electron chi connectivity index (χ4n) is 2.71. The lowest BCUT2D eigenvalue weighted by Gasteiger charge is -2.26. The molecule has 0 saturated carbocycles. The van der Waals surface area contributed by atoms with Crippen molar-refractivity contribution in [3.8, 4) is 5.75 Å². The number of aliphatic hydroxyl groups is 1. The third-order valence-electron chi connectivity index (χ3n) is 3.91. The van der Waals surface area contributed by atoms with Crippen molar-refractivity contribution in [1.82, 2.24) is 0 Å². The smallest absolute Gasteiger partial charge is 0.412 e. The van der Waals surface area contributed by atoms with E-state index in [0.29, 0.717) is 17.0 Å². The Morgan fingerprint density at radius 1 is 1.10 bits per heavy atom. The number of aliphatic carboxylic acids is 1. The molecule has 0 aromatic heterocycles. The first-order valence-electron chi connectivity index (χ1n) is 9.43. The van der Waals surface area contributed by atoms with Crippen molar-refractivity contribution in [3.63, 3.8) is 0 Å². The van der Waals surface area contributed by atoms with Gasteiger partial charge in [0.25, 0.3) is 0 Å². The van der Waals surface area contributed by atoms with Crippen molar-refractivity contribution in [3.05, 3.63) is 72.3 Å². The van der Waals surface area contributed by atoms with Gasteiger partial charge in [-0.15, -0.1) is 0 Å². The molecule has 0 bridgehead atoms. The SMILES string of the molecule is CCO[C@@H](/C=C/C(=O)O)[C@@H](OC(=O)Nc1ccccc1)c1ccccc1OCCO. The number of hydrogen-bond acceptors (Lipinski definition) is 6. The molecule has 0 radical (unpaired) electrons. The van der Waals surface area contributed by atoms with Gasteiger partial charge in [0.1, 0.15) is 18.5 Å². The monoisotopic (exact) mass is 415 g/mol. The number of hydrogen-bond donors (Lipinski definition) is 3. The van der Waals surface area contributed by atoms with E-state index in [-0.39, 0.29) is 19.8 Å². The van der Waals surface area contributed by atoms with E-state index in [4.69, 9.17) is 24.4 Å². The molecule has 160 valence electrons. The van der Waals surface area contributed by atoms with E-state index in [0.717, 1.165) is 6.08 Å². The van der Waals surface area contributed by atoms with Crippen molar-refractivity contribution in [1.29, 1.82) is 0 Å². The first-order chi connectivity index (χ1) is 14.5. The predicted octanol–water partition coefficient (Wildman–Crippen LogP) is 3.39. The summed E-state index contributed by atoms with van der Waals surface area (Å²) in [7, 11) is 0. The standard InChI is InChI=1S/C22H25NO7/c1-2-28-19(12-13-20(25)26)21(17-10-6-7-11-18(17)29-15-14-24)30-22(27)23-16-8-4-3-5-9-16/h3-13,19,21,24H,2,14-15H2,1H3,(H,23,27)(H,25,26)/b13-12+/t19-,21-/m0/s1. The molecule has 1 amide bonds. The summed E-state index contributed by atoms with van der Waals surface area (Å²) in [6.45, 7) is 1.86. The van der Waals surface area contributed by atoms with Crippen LogP contribution in [0.1, 0.15) is 18.6 Å². The molecule has 2 aromatic rings. The lowest BCUT2D eigenvalue weighted by Crippen LogP contribution is -2.28. The molecule has 0 fully saturated rings. The molecule has 8 nitrogen and oxygen atoms in total. The van der Waals surface area contributed by atoms with Gasteiger partial charge < -0.3 is 24.4 Å². The third-order valence-corrected chi connectivity index (χ3v) is 3.91. The van der Waals surface area contributed by atoms with E-state index in [1.807, 2.05) is 6.07 Å². The number of aliphatic hydroxyl groups excluding tert-OH is 1. The van der Waals surface area contributed by atoms with Crippen LogP contribution in [0.4, 0.5) is 10.5 Å². The lowest BCUT2D eigenvalue weighted by atomic mass is 10.0. The van der Waals surface area contributed by atoms with E-state index in [1.54, 1.807) is 55.5 Å². The molecular weight excluding hydrogens is 390 g/mol. The molecule has 8 heteroatoms. The van der Waals surface area contributed by atoms with E-state index in [9.17, 15) is 9.59 Å². The van der Waals surface area contributed by atoms with Gasteiger partial charge in [0.15, 0.2) is 6.10 Å². The number of anilines is 1. The average molecular weight is 415 g/mol. The molecular formula is C22H25NO7. The Morgan fingerprint density at radius 2 is 1.80 bits per heavy atom. The molecule has 0 unspecified atom stereocenters. The van der Waals surface area contributed by atoms with Gasteiger partial charge in [-0.1, -0.05) is 36.4 Å². The Labute approximate surface area is 174 Å². The van der Waals surface area contributed by atoms with Crippen LogP contribution < -0.4 is 10.1 Å². The minimum atomic E-state index is -1.16. The van der Waals surface area contributed by atoms with Crippen molar-refractivity contribution in [2.45, 2.75) is 19.1 Å². The van der Waals surface area contributed by atoms with Gasteiger partial charge in [0.05, 0.1) is 6.61 Å². The number of carbonyl (C=O) groups is 2. The zero-order chi connectivity index (χ0) is 21.8. The minimum absolute atomic E-state index is 0.0458. The van der Waals surface area contributed by atoms with Crippen LogP contribution in [0.5, 0.6) is 5.75 Å². The first-order valence-corrected chi connectivity index (χ1v) is 9.43. The minimum Gasteiger partial charge on any atom is -0.491 e. The maximum atomic E-state index is 12.6. The van der Waals surface area contributed by atoms with Crippen LogP contribution in [0.15, 0.2) is 66.7 Å². The van der Waals surface area contributed by atoms with Crippen molar-refractivity contribution < 1.29 is 34.0 Å². The Hall–Kier alpha value is -3.36. The highest BCUT2D eigenvalue weighted by Crippen LogP contribution is 2.32. The Morgan fingerprint density at radius 3 is 2.47 bits per heavy atom. The molecule has 30 heavy (non-hydrogen) atoms. The van der Waals surface area contributed by atoms with Crippen molar-refractivity contribution in [2.24, 2.45) is 0 Å².